The molecule has 0 aromatic carbocycles. The molecule has 0 bridgehead atoms. The predicted octanol–water partition coefficient (Wildman–Crippen LogP) is 1.97. The van der Waals surface area contributed by atoms with Gasteiger partial charge >= 0.3 is 0 Å². The predicted molar refractivity (Wildman–Crippen MR) is 106 cm³/mol. The Bertz CT molecular complexity index is 491. The number of likely N-dealkylation sites (tertiary alicyclic amines) is 1. The van der Waals surface area contributed by atoms with Crippen molar-refractivity contribution >= 4 is 29.9 Å². The van der Waals surface area contributed by atoms with Gasteiger partial charge < -0.3 is 10.6 Å². The molecule has 0 amide bonds. The van der Waals surface area contributed by atoms with Crippen LogP contribution in [-0.2, 0) is 13.6 Å². The van der Waals surface area contributed by atoms with Gasteiger partial charge in [-0.3, -0.25) is 14.6 Å². The molecule has 2 heterocycles. The van der Waals surface area contributed by atoms with Crippen molar-refractivity contribution in [3.05, 3.63) is 18.0 Å². The van der Waals surface area contributed by atoms with Crippen molar-refractivity contribution in [3.63, 3.8) is 0 Å². The highest BCUT2D eigenvalue weighted by Gasteiger charge is 2.27. The first-order valence-electron chi connectivity index (χ1n) is 8.18. The van der Waals surface area contributed by atoms with Crippen molar-refractivity contribution in [2.24, 2.45) is 12.0 Å². The highest BCUT2D eigenvalue weighted by molar-refractivity contribution is 14.0. The van der Waals surface area contributed by atoms with E-state index in [-0.39, 0.29) is 29.5 Å². The first-order valence-corrected chi connectivity index (χ1v) is 8.18. The first kappa shape index (κ1) is 20.2. The highest BCUT2D eigenvalue weighted by Crippen LogP contribution is 2.19. The lowest BCUT2D eigenvalue weighted by Gasteiger charge is -2.41. The Labute approximate surface area is 157 Å². The summed E-state index contributed by atoms with van der Waals surface area (Å²) in [6, 6.07) is 0. The van der Waals surface area contributed by atoms with E-state index in [4.69, 9.17) is 0 Å². The number of nitrogens with zero attached hydrogens (tertiary/aromatic N) is 4. The zero-order chi connectivity index (χ0) is 16.0. The highest BCUT2D eigenvalue weighted by atomic mass is 127. The SMILES string of the molecule is CN=C(NCc1cnn(C)c1)NCC(C)(C)N1CCCCC1.I. The van der Waals surface area contributed by atoms with Crippen LogP contribution in [0.5, 0.6) is 0 Å². The number of nitrogens with one attached hydrogen (secondary N) is 2. The number of aromatic nitrogens is 2. The maximum absolute atomic E-state index is 4.31. The van der Waals surface area contributed by atoms with E-state index in [2.05, 4.69) is 39.5 Å². The molecule has 0 unspecified atom stereocenters. The molecule has 0 spiro atoms. The van der Waals surface area contributed by atoms with Crippen molar-refractivity contribution in [1.82, 2.24) is 25.3 Å². The van der Waals surface area contributed by atoms with Crippen LogP contribution in [0.2, 0.25) is 0 Å². The minimum absolute atomic E-state index is 0. The van der Waals surface area contributed by atoms with E-state index in [1.165, 1.54) is 32.4 Å². The molecule has 1 fully saturated rings. The van der Waals surface area contributed by atoms with Crippen LogP contribution in [0.15, 0.2) is 17.4 Å². The summed E-state index contributed by atoms with van der Waals surface area (Å²) in [6.07, 6.45) is 7.89. The lowest BCUT2D eigenvalue weighted by molar-refractivity contribution is 0.0982. The van der Waals surface area contributed by atoms with Crippen LogP contribution < -0.4 is 10.6 Å². The normalized spacial score (nSPS) is 16.8. The quantitative estimate of drug-likeness (QED) is 0.423. The Morgan fingerprint density at radius 3 is 2.52 bits per heavy atom. The zero-order valence-corrected chi connectivity index (χ0v) is 17.1. The summed E-state index contributed by atoms with van der Waals surface area (Å²) in [5, 5.41) is 11.0. The third-order valence-corrected chi connectivity index (χ3v) is 4.34. The smallest absolute Gasteiger partial charge is 0.191 e. The molecule has 0 radical (unpaired) electrons. The fourth-order valence-corrected chi connectivity index (χ4v) is 2.88. The van der Waals surface area contributed by atoms with E-state index in [0.29, 0.717) is 0 Å². The van der Waals surface area contributed by atoms with Crippen LogP contribution >= 0.6 is 24.0 Å². The van der Waals surface area contributed by atoms with Crippen LogP contribution in [0.3, 0.4) is 0 Å². The number of guanidine groups is 1. The fourth-order valence-electron chi connectivity index (χ4n) is 2.88. The summed E-state index contributed by atoms with van der Waals surface area (Å²) < 4.78 is 1.81. The number of halogens is 1. The Balaban J connectivity index is 0.00000264. The zero-order valence-electron chi connectivity index (χ0n) is 14.8. The third kappa shape index (κ3) is 6.29. The molecule has 1 aromatic heterocycles. The molecule has 1 aliphatic rings. The van der Waals surface area contributed by atoms with E-state index < -0.39 is 0 Å². The molecule has 7 heteroatoms. The Hall–Kier alpha value is -0.830. The van der Waals surface area contributed by atoms with Crippen molar-refractivity contribution in [2.45, 2.75) is 45.2 Å². The minimum atomic E-state index is 0. The van der Waals surface area contributed by atoms with Gasteiger partial charge in [-0.05, 0) is 39.8 Å². The van der Waals surface area contributed by atoms with Gasteiger partial charge in [-0.1, -0.05) is 6.42 Å². The number of aryl methyl sites for hydroxylation is 1. The number of rotatable bonds is 5. The summed E-state index contributed by atoms with van der Waals surface area (Å²) >= 11 is 0. The van der Waals surface area contributed by atoms with Gasteiger partial charge in [-0.25, -0.2) is 0 Å². The molecule has 132 valence electrons. The summed E-state index contributed by atoms with van der Waals surface area (Å²) in [5.74, 6) is 0.842. The second kappa shape index (κ2) is 9.46. The lowest BCUT2D eigenvalue weighted by Crippen LogP contribution is -2.54. The molecule has 1 saturated heterocycles. The van der Waals surface area contributed by atoms with Crippen LogP contribution in [0.1, 0.15) is 38.7 Å². The molecular formula is C16H31IN6. The van der Waals surface area contributed by atoms with Crippen LogP contribution in [-0.4, -0.2) is 52.9 Å². The Kier molecular flexibility index (Phi) is 8.32. The molecule has 0 saturated carbocycles. The average molecular weight is 434 g/mol. The van der Waals surface area contributed by atoms with Gasteiger partial charge in [0.15, 0.2) is 5.96 Å². The Morgan fingerprint density at radius 1 is 1.26 bits per heavy atom. The number of aliphatic imine (C=N–C) groups is 1. The summed E-state index contributed by atoms with van der Waals surface area (Å²) in [6.45, 7) is 8.64. The van der Waals surface area contributed by atoms with Gasteiger partial charge in [-0.15, -0.1) is 24.0 Å². The Morgan fingerprint density at radius 2 is 1.96 bits per heavy atom. The van der Waals surface area contributed by atoms with Crippen LogP contribution in [0, 0.1) is 0 Å². The largest absolute Gasteiger partial charge is 0.355 e. The first-order chi connectivity index (χ1) is 10.5. The molecule has 6 nitrogen and oxygen atoms in total. The average Bonchev–Trinajstić information content (AvgIpc) is 2.94. The van der Waals surface area contributed by atoms with Crippen LogP contribution in [0.4, 0.5) is 0 Å². The molecule has 2 N–H and O–H groups in total. The van der Waals surface area contributed by atoms with E-state index in [1.54, 1.807) is 0 Å². The van der Waals surface area contributed by atoms with E-state index in [9.17, 15) is 0 Å². The third-order valence-electron chi connectivity index (χ3n) is 4.34. The second-order valence-electron chi connectivity index (χ2n) is 6.66. The van der Waals surface area contributed by atoms with Gasteiger partial charge in [0, 0.05) is 44.5 Å². The van der Waals surface area contributed by atoms with Gasteiger partial charge in [0.05, 0.1) is 6.20 Å². The van der Waals surface area contributed by atoms with Crippen molar-refractivity contribution < 1.29 is 0 Å². The van der Waals surface area contributed by atoms with Gasteiger partial charge in [-0.2, -0.15) is 5.10 Å². The van der Waals surface area contributed by atoms with Gasteiger partial charge in [0.25, 0.3) is 0 Å². The van der Waals surface area contributed by atoms with Crippen molar-refractivity contribution in [1.29, 1.82) is 0 Å². The molecule has 0 atom stereocenters. The maximum Gasteiger partial charge on any atom is 0.191 e. The maximum atomic E-state index is 4.31. The van der Waals surface area contributed by atoms with Gasteiger partial charge in [0.1, 0.15) is 0 Å². The number of hydrogen-bond acceptors (Lipinski definition) is 3. The molecule has 2 rings (SSSR count). The molecule has 23 heavy (non-hydrogen) atoms. The standard InChI is InChI=1S/C16H30N6.HI/c1-16(2,22-8-6-5-7-9-22)13-19-15(17-3)18-10-14-11-20-21(4)12-14;/h11-12H,5-10,13H2,1-4H3,(H2,17,18,19);1H. The van der Waals surface area contributed by atoms with E-state index in [0.717, 1.165) is 24.6 Å². The van der Waals surface area contributed by atoms with Crippen molar-refractivity contribution in [3.8, 4) is 0 Å². The molecular weight excluding hydrogens is 403 g/mol. The monoisotopic (exact) mass is 434 g/mol. The summed E-state index contributed by atoms with van der Waals surface area (Å²) in [7, 11) is 3.74. The minimum Gasteiger partial charge on any atom is -0.355 e. The number of piperidine rings is 1. The molecule has 0 aliphatic carbocycles. The topological polar surface area (TPSA) is 57.5 Å². The fraction of sp³-hybridized carbons (Fsp3) is 0.750. The van der Waals surface area contributed by atoms with Crippen LogP contribution in [0.25, 0.3) is 0 Å². The van der Waals surface area contributed by atoms with E-state index >= 15 is 0 Å². The van der Waals surface area contributed by atoms with E-state index in [1.807, 2.05) is 31.2 Å². The lowest BCUT2D eigenvalue weighted by atomic mass is 9.98. The number of hydrogen-bond donors (Lipinski definition) is 2. The molecule has 1 aromatic rings. The molecule has 1 aliphatic heterocycles. The second-order valence-corrected chi connectivity index (χ2v) is 6.66. The summed E-state index contributed by atoms with van der Waals surface area (Å²) in [4.78, 5) is 6.89. The summed E-state index contributed by atoms with van der Waals surface area (Å²) in [5.41, 5.74) is 1.30. The van der Waals surface area contributed by atoms with Gasteiger partial charge in [0.2, 0.25) is 0 Å². The van der Waals surface area contributed by atoms with Crippen molar-refractivity contribution in [2.75, 3.05) is 26.7 Å².